The van der Waals surface area contributed by atoms with Gasteiger partial charge in [0.2, 0.25) is 0 Å². The van der Waals surface area contributed by atoms with Crippen LogP contribution in [0, 0.1) is 10.1 Å². The molecule has 0 bridgehead atoms. The Labute approximate surface area is 196 Å². The van der Waals surface area contributed by atoms with Gasteiger partial charge in [0.05, 0.1) is 10.6 Å². The molecular weight excluding hydrogens is 438 g/mol. The van der Waals surface area contributed by atoms with Crippen molar-refractivity contribution >= 4 is 23.4 Å². The van der Waals surface area contributed by atoms with Crippen molar-refractivity contribution in [2.45, 2.75) is 25.5 Å². The third kappa shape index (κ3) is 5.32. The Morgan fingerprint density at radius 1 is 0.971 bits per heavy atom. The minimum Gasteiger partial charge on any atom is -0.445 e. The first-order valence-corrected chi connectivity index (χ1v) is 10.8. The molecular formula is C25H23N3O6. The number of para-hydroxylation sites is 1. The highest BCUT2D eigenvalue weighted by molar-refractivity contribution is 5.97. The third-order valence-electron chi connectivity index (χ3n) is 5.41. The molecule has 1 aliphatic heterocycles. The van der Waals surface area contributed by atoms with E-state index in [-0.39, 0.29) is 18.0 Å². The molecule has 1 saturated heterocycles. The predicted molar refractivity (Wildman–Crippen MR) is 124 cm³/mol. The second-order valence-corrected chi connectivity index (χ2v) is 7.70. The lowest BCUT2D eigenvalue weighted by atomic mass is 10.2. The molecule has 0 aliphatic carbocycles. The van der Waals surface area contributed by atoms with Crippen LogP contribution in [-0.2, 0) is 16.1 Å². The number of likely N-dealkylation sites (tertiary alicyclic amines) is 1. The molecule has 3 aromatic carbocycles. The fourth-order valence-corrected chi connectivity index (χ4v) is 3.70. The van der Waals surface area contributed by atoms with Gasteiger partial charge in [0.15, 0.2) is 5.75 Å². The Morgan fingerprint density at radius 2 is 1.62 bits per heavy atom. The molecule has 174 valence electrons. The molecule has 1 heterocycles. The Kier molecular flexibility index (Phi) is 7.02. The van der Waals surface area contributed by atoms with Crippen LogP contribution in [0.2, 0.25) is 0 Å². The molecule has 0 radical (unpaired) electrons. The zero-order chi connectivity index (χ0) is 23.9. The first-order valence-electron chi connectivity index (χ1n) is 10.8. The lowest BCUT2D eigenvalue weighted by Crippen LogP contribution is -2.49. The number of benzene rings is 3. The van der Waals surface area contributed by atoms with E-state index in [1.165, 1.54) is 29.2 Å². The van der Waals surface area contributed by atoms with E-state index in [0.717, 1.165) is 10.6 Å². The summed E-state index contributed by atoms with van der Waals surface area (Å²) in [5.41, 5.74) is 1.23. The molecule has 0 saturated carbocycles. The van der Waals surface area contributed by atoms with E-state index in [9.17, 15) is 19.7 Å². The van der Waals surface area contributed by atoms with Gasteiger partial charge in [-0.15, -0.1) is 5.06 Å². The summed E-state index contributed by atoms with van der Waals surface area (Å²) in [7, 11) is 0. The molecule has 34 heavy (non-hydrogen) atoms. The molecule has 9 heteroatoms. The quantitative estimate of drug-likeness (QED) is 0.373. The molecule has 2 amide bonds. The summed E-state index contributed by atoms with van der Waals surface area (Å²) >= 11 is 0. The molecule has 1 fully saturated rings. The number of carbonyl (C=O) groups is 2. The number of amides is 2. The molecule has 0 N–H and O–H groups in total. The number of hydrogen-bond donors (Lipinski definition) is 0. The van der Waals surface area contributed by atoms with Crippen molar-refractivity contribution in [2.75, 3.05) is 11.6 Å². The summed E-state index contributed by atoms with van der Waals surface area (Å²) in [5, 5.41) is 12.1. The van der Waals surface area contributed by atoms with Crippen molar-refractivity contribution in [3.05, 3.63) is 101 Å². The minimum absolute atomic E-state index is 0.0898. The van der Waals surface area contributed by atoms with Crippen LogP contribution in [0.3, 0.4) is 0 Å². The molecule has 1 atom stereocenters. The van der Waals surface area contributed by atoms with Crippen LogP contribution in [0.1, 0.15) is 18.4 Å². The van der Waals surface area contributed by atoms with E-state index in [0.29, 0.717) is 25.1 Å². The molecule has 0 spiro atoms. The van der Waals surface area contributed by atoms with Gasteiger partial charge in [0, 0.05) is 18.7 Å². The average Bonchev–Trinajstić information content (AvgIpc) is 3.37. The molecule has 0 aromatic heterocycles. The minimum atomic E-state index is -0.762. The van der Waals surface area contributed by atoms with Gasteiger partial charge >= 0.3 is 6.09 Å². The van der Waals surface area contributed by atoms with Gasteiger partial charge in [0.1, 0.15) is 12.6 Å². The van der Waals surface area contributed by atoms with Crippen LogP contribution < -0.4 is 9.90 Å². The van der Waals surface area contributed by atoms with Gasteiger partial charge in [-0.3, -0.25) is 19.8 Å². The number of ether oxygens (including phenoxy) is 1. The largest absolute Gasteiger partial charge is 0.445 e. The topological polar surface area (TPSA) is 102 Å². The number of hydrogen-bond acceptors (Lipinski definition) is 6. The number of anilines is 1. The van der Waals surface area contributed by atoms with Gasteiger partial charge in [-0.25, -0.2) is 4.79 Å². The van der Waals surface area contributed by atoms with Gasteiger partial charge in [-0.1, -0.05) is 48.5 Å². The Morgan fingerprint density at radius 3 is 2.26 bits per heavy atom. The van der Waals surface area contributed by atoms with Crippen LogP contribution in [0.4, 0.5) is 16.2 Å². The van der Waals surface area contributed by atoms with E-state index in [1.807, 2.05) is 30.3 Å². The van der Waals surface area contributed by atoms with Crippen LogP contribution in [0.5, 0.6) is 5.75 Å². The first-order chi connectivity index (χ1) is 16.5. The highest BCUT2D eigenvalue weighted by Crippen LogP contribution is 2.26. The van der Waals surface area contributed by atoms with Crippen molar-refractivity contribution in [1.82, 2.24) is 4.90 Å². The van der Waals surface area contributed by atoms with E-state index in [1.54, 1.807) is 30.3 Å². The Balaban J connectivity index is 1.51. The number of nitrogens with zero attached hydrogens (tertiary/aromatic N) is 3. The monoisotopic (exact) mass is 461 g/mol. The highest BCUT2D eigenvalue weighted by atomic mass is 16.7. The molecule has 9 nitrogen and oxygen atoms in total. The van der Waals surface area contributed by atoms with E-state index in [2.05, 4.69) is 0 Å². The number of nitro benzene ring substituents is 1. The van der Waals surface area contributed by atoms with Crippen molar-refractivity contribution in [3.63, 3.8) is 0 Å². The Hall–Kier alpha value is -4.40. The number of non-ortho nitro benzene ring substituents is 1. The summed E-state index contributed by atoms with van der Waals surface area (Å²) in [4.78, 5) is 44.0. The van der Waals surface area contributed by atoms with E-state index >= 15 is 0 Å². The standard InChI is InChI=1S/C25H23N3O6/c29-24(23-12-7-17-26(23)25(30)33-18-19-8-3-1-4-9-19)27(20-10-5-2-6-11-20)34-22-15-13-21(14-16-22)28(31)32/h1-6,8-11,13-16,23H,7,12,17-18H2. The zero-order valence-electron chi connectivity index (χ0n) is 18.3. The SMILES string of the molecule is O=C(C1CCCN1C(=O)OCc1ccccc1)N(Oc1ccc([N+](=O)[O-])cc1)c1ccccc1. The predicted octanol–water partition coefficient (Wildman–Crippen LogP) is 4.72. The number of hydroxylamine groups is 1. The van der Waals surface area contributed by atoms with Gasteiger partial charge < -0.3 is 9.57 Å². The first kappa shape index (κ1) is 22.8. The third-order valence-corrected chi connectivity index (χ3v) is 5.41. The maximum Gasteiger partial charge on any atom is 0.410 e. The molecule has 4 rings (SSSR count). The molecule has 1 unspecified atom stereocenters. The van der Waals surface area contributed by atoms with Gasteiger partial charge in [0.25, 0.3) is 11.6 Å². The van der Waals surface area contributed by atoms with Crippen molar-refractivity contribution < 1.29 is 24.1 Å². The summed E-state index contributed by atoms with van der Waals surface area (Å²) < 4.78 is 5.44. The zero-order valence-corrected chi connectivity index (χ0v) is 18.3. The van der Waals surface area contributed by atoms with Crippen LogP contribution >= 0.6 is 0 Å². The average molecular weight is 461 g/mol. The summed E-state index contributed by atoms with van der Waals surface area (Å²) in [6.07, 6.45) is 0.548. The van der Waals surface area contributed by atoms with Crippen LogP contribution in [0.15, 0.2) is 84.9 Å². The van der Waals surface area contributed by atoms with Crippen molar-refractivity contribution in [1.29, 1.82) is 0 Å². The number of rotatable bonds is 7. The summed E-state index contributed by atoms with van der Waals surface area (Å²) in [6.45, 7) is 0.503. The lowest BCUT2D eigenvalue weighted by Gasteiger charge is -2.29. The second kappa shape index (κ2) is 10.5. The van der Waals surface area contributed by atoms with Gasteiger partial charge in [-0.05, 0) is 42.7 Å². The maximum atomic E-state index is 13.6. The van der Waals surface area contributed by atoms with E-state index < -0.39 is 23.0 Å². The smallest absolute Gasteiger partial charge is 0.410 e. The second-order valence-electron chi connectivity index (χ2n) is 7.70. The summed E-state index contributed by atoms with van der Waals surface area (Å²) in [5.74, 6) is -0.183. The molecule has 1 aliphatic rings. The normalized spacial score (nSPS) is 14.9. The van der Waals surface area contributed by atoms with Crippen LogP contribution in [-0.4, -0.2) is 34.4 Å². The van der Waals surface area contributed by atoms with E-state index in [4.69, 9.17) is 9.57 Å². The fraction of sp³-hybridized carbons (Fsp3) is 0.200. The van der Waals surface area contributed by atoms with Crippen molar-refractivity contribution in [3.8, 4) is 5.75 Å². The maximum absolute atomic E-state index is 13.6. The Bertz CT molecular complexity index is 1140. The summed E-state index contributed by atoms with van der Waals surface area (Å²) in [6, 6.07) is 22.7. The van der Waals surface area contributed by atoms with Gasteiger partial charge in [-0.2, -0.15) is 0 Å². The molecule has 3 aromatic rings. The van der Waals surface area contributed by atoms with Crippen LogP contribution in [0.25, 0.3) is 0 Å². The van der Waals surface area contributed by atoms with Crippen molar-refractivity contribution in [2.24, 2.45) is 0 Å². The highest BCUT2D eigenvalue weighted by Gasteiger charge is 2.39. The number of carbonyl (C=O) groups excluding carboxylic acids is 2. The lowest BCUT2D eigenvalue weighted by molar-refractivity contribution is -0.384. The fourth-order valence-electron chi connectivity index (χ4n) is 3.70. The number of nitro groups is 1.